The molecule has 0 radical (unpaired) electrons. The molecule has 0 amide bonds. The van der Waals surface area contributed by atoms with E-state index in [1.54, 1.807) is 6.20 Å². The zero-order chi connectivity index (χ0) is 12.8. The molecular weight excluding hydrogens is 246 g/mol. The van der Waals surface area contributed by atoms with Crippen LogP contribution < -0.4 is 5.32 Å². The first kappa shape index (κ1) is 13.6. The van der Waals surface area contributed by atoms with E-state index in [2.05, 4.69) is 22.1 Å². The van der Waals surface area contributed by atoms with E-state index < -0.39 is 0 Å². The predicted octanol–water partition coefficient (Wildman–Crippen LogP) is 3.41. The Morgan fingerprint density at radius 1 is 1.44 bits per heavy atom. The average Bonchev–Trinajstić information content (AvgIpc) is 2.38. The molecule has 100 valence electrons. The lowest BCUT2D eigenvalue weighted by Gasteiger charge is -2.32. The SMILES string of the molecule is CCCCN1CCC(Nc2ccnc(Cl)c2)CC1. The molecule has 1 fully saturated rings. The summed E-state index contributed by atoms with van der Waals surface area (Å²) in [5, 5.41) is 4.10. The Labute approximate surface area is 115 Å². The number of halogens is 1. The van der Waals surface area contributed by atoms with Crippen molar-refractivity contribution < 1.29 is 0 Å². The maximum atomic E-state index is 5.88. The lowest BCUT2D eigenvalue weighted by atomic mass is 10.0. The van der Waals surface area contributed by atoms with Gasteiger partial charge in [-0.15, -0.1) is 0 Å². The van der Waals surface area contributed by atoms with E-state index in [-0.39, 0.29) is 0 Å². The molecule has 0 bridgehead atoms. The van der Waals surface area contributed by atoms with Crippen LogP contribution in [0.5, 0.6) is 0 Å². The fourth-order valence-electron chi connectivity index (χ4n) is 2.41. The minimum Gasteiger partial charge on any atom is -0.382 e. The molecule has 0 spiro atoms. The molecule has 1 aromatic rings. The zero-order valence-corrected chi connectivity index (χ0v) is 11.8. The molecule has 1 aromatic heterocycles. The highest BCUT2D eigenvalue weighted by atomic mass is 35.5. The molecule has 0 saturated carbocycles. The zero-order valence-electron chi connectivity index (χ0n) is 11.0. The minimum atomic E-state index is 0.556. The van der Waals surface area contributed by atoms with Crippen LogP contribution in [0.3, 0.4) is 0 Å². The normalized spacial score (nSPS) is 17.9. The standard InChI is InChI=1S/C14H22ClN3/c1-2-3-8-18-9-5-12(6-10-18)17-13-4-7-16-14(15)11-13/h4,7,11-12H,2-3,5-6,8-10H2,1H3,(H,16,17). The lowest BCUT2D eigenvalue weighted by molar-refractivity contribution is 0.216. The molecule has 1 aliphatic heterocycles. The first-order chi connectivity index (χ1) is 8.78. The first-order valence-electron chi connectivity index (χ1n) is 6.88. The highest BCUT2D eigenvalue weighted by molar-refractivity contribution is 6.29. The molecular formula is C14H22ClN3. The van der Waals surface area contributed by atoms with Gasteiger partial charge in [0.1, 0.15) is 5.15 Å². The largest absolute Gasteiger partial charge is 0.382 e. The van der Waals surface area contributed by atoms with Crippen LogP contribution in [0.1, 0.15) is 32.6 Å². The van der Waals surface area contributed by atoms with Crippen LogP contribution in [0.25, 0.3) is 0 Å². The van der Waals surface area contributed by atoms with Gasteiger partial charge in [0.2, 0.25) is 0 Å². The number of nitrogens with zero attached hydrogens (tertiary/aromatic N) is 2. The summed E-state index contributed by atoms with van der Waals surface area (Å²) in [6, 6.07) is 4.45. The molecule has 1 aliphatic rings. The van der Waals surface area contributed by atoms with E-state index >= 15 is 0 Å². The molecule has 18 heavy (non-hydrogen) atoms. The molecule has 0 unspecified atom stereocenters. The number of unbranched alkanes of at least 4 members (excludes halogenated alkanes) is 1. The minimum absolute atomic E-state index is 0.556. The van der Waals surface area contributed by atoms with Gasteiger partial charge in [-0.1, -0.05) is 24.9 Å². The summed E-state index contributed by atoms with van der Waals surface area (Å²) in [7, 11) is 0. The fraction of sp³-hybridized carbons (Fsp3) is 0.643. The van der Waals surface area contributed by atoms with E-state index in [0.29, 0.717) is 11.2 Å². The van der Waals surface area contributed by atoms with Gasteiger partial charge < -0.3 is 10.2 Å². The van der Waals surface area contributed by atoms with Gasteiger partial charge in [-0.2, -0.15) is 0 Å². The van der Waals surface area contributed by atoms with Crippen LogP contribution in [0.4, 0.5) is 5.69 Å². The molecule has 1 N–H and O–H groups in total. The highest BCUT2D eigenvalue weighted by Crippen LogP contribution is 2.18. The van der Waals surface area contributed by atoms with Crippen LogP contribution >= 0.6 is 11.6 Å². The molecule has 2 rings (SSSR count). The van der Waals surface area contributed by atoms with E-state index in [1.165, 1.54) is 45.3 Å². The number of hydrogen-bond acceptors (Lipinski definition) is 3. The Morgan fingerprint density at radius 2 is 2.22 bits per heavy atom. The van der Waals surface area contributed by atoms with Gasteiger partial charge in [0.05, 0.1) is 0 Å². The van der Waals surface area contributed by atoms with Crippen molar-refractivity contribution >= 4 is 17.3 Å². The van der Waals surface area contributed by atoms with Crippen molar-refractivity contribution in [3.63, 3.8) is 0 Å². The van der Waals surface area contributed by atoms with Crippen molar-refractivity contribution in [2.24, 2.45) is 0 Å². The highest BCUT2D eigenvalue weighted by Gasteiger charge is 2.18. The monoisotopic (exact) mass is 267 g/mol. The molecule has 0 atom stereocenters. The van der Waals surface area contributed by atoms with Crippen molar-refractivity contribution in [2.45, 2.75) is 38.6 Å². The van der Waals surface area contributed by atoms with Crippen LogP contribution in [0.2, 0.25) is 5.15 Å². The number of aromatic nitrogens is 1. The number of nitrogens with one attached hydrogen (secondary N) is 1. The third kappa shape index (κ3) is 4.14. The van der Waals surface area contributed by atoms with Crippen molar-refractivity contribution in [1.82, 2.24) is 9.88 Å². The van der Waals surface area contributed by atoms with Crippen molar-refractivity contribution in [1.29, 1.82) is 0 Å². The van der Waals surface area contributed by atoms with Gasteiger partial charge >= 0.3 is 0 Å². The van der Waals surface area contributed by atoms with Crippen LogP contribution in [-0.2, 0) is 0 Å². The maximum absolute atomic E-state index is 5.88. The second-order valence-corrected chi connectivity index (χ2v) is 5.37. The summed E-state index contributed by atoms with van der Waals surface area (Å²) < 4.78 is 0. The smallest absolute Gasteiger partial charge is 0.131 e. The lowest BCUT2D eigenvalue weighted by Crippen LogP contribution is -2.39. The summed E-state index contributed by atoms with van der Waals surface area (Å²) in [4.78, 5) is 6.57. The summed E-state index contributed by atoms with van der Waals surface area (Å²) in [5.41, 5.74) is 1.09. The first-order valence-corrected chi connectivity index (χ1v) is 7.26. The van der Waals surface area contributed by atoms with E-state index in [9.17, 15) is 0 Å². The van der Waals surface area contributed by atoms with Crippen LogP contribution in [0.15, 0.2) is 18.3 Å². The Bertz CT molecular complexity index is 362. The quantitative estimate of drug-likeness (QED) is 0.829. The Balaban J connectivity index is 1.76. The number of piperidine rings is 1. The van der Waals surface area contributed by atoms with Gasteiger partial charge in [-0.3, -0.25) is 0 Å². The Morgan fingerprint density at radius 3 is 2.89 bits per heavy atom. The molecule has 0 aliphatic carbocycles. The third-order valence-corrected chi connectivity index (χ3v) is 3.72. The molecule has 2 heterocycles. The van der Waals surface area contributed by atoms with Crippen molar-refractivity contribution in [3.8, 4) is 0 Å². The van der Waals surface area contributed by atoms with Gasteiger partial charge in [0, 0.05) is 31.0 Å². The molecule has 4 heteroatoms. The number of hydrogen-bond donors (Lipinski definition) is 1. The fourth-order valence-corrected chi connectivity index (χ4v) is 2.58. The van der Waals surface area contributed by atoms with Gasteiger partial charge in [-0.25, -0.2) is 4.98 Å². The van der Waals surface area contributed by atoms with Crippen molar-refractivity contribution in [3.05, 3.63) is 23.5 Å². The number of anilines is 1. The average molecular weight is 268 g/mol. The second kappa shape index (κ2) is 6.95. The third-order valence-electron chi connectivity index (χ3n) is 3.51. The van der Waals surface area contributed by atoms with Gasteiger partial charge in [0.25, 0.3) is 0 Å². The second-order valence-electron chi connectivity index (χ2n) is 4.98. The van der Waals surface area contributed by atoms with Gasteiger partial charge in [-0.05, 0) is 37.9 Å². The van der Waals surface area contributed by atoms with Crippen molar-refractivity contribution in [2.75, 3.05) is 25.0 Å². The maximum Gasteiger partial charge on any atom is 0.131 e. The molecule has 1 saturated heterocycles. The molecule has 3 nitrogen and oxygen atoms in total. The topological polar surface area (TPSA) is 28.2 Å². The number of rotatable bonds is 5. The van der Waals surface area contributed by atoms with Crippen LogP contribution in [0, 0.1) is 0 Å². The summed E-state index contributed by atoms with van der Waals surface area (Å²) in [6.45, 7) is 5.92. The number of pyridine rings is 1. The Hall–Kier alpha value is -0.800. The van der Waals surface area contributed by atoms with E-state index in [4.69, 9.17) is 11.6 Å². The summed E-state index contributed by atoms with van der Waals surface area (Å²) >= 11 is 5.88. The van der Waals surface area contributed by atoms with Gasteiger partial charge in [0.15, 0.2) is 0 Å². The van der Waals surface area contributed by atoms with E-state index in [0.717, 1.165) is 5.69 Å². The molecule has 0 aromatic carbocycles. The van der Waals surface area contributed by atoms with Crippen LogP contribution in [-0.4, -0.2) is 35.6 Å². The predicted molar refractivity (Wildman–Crippen MR) is 77.2 cm³/mol. The Kier molecular flexibility index (Phi) is 5.26. The number of likely N-dealkylation sites (tertiary alicyclic amines) is 1. The summed E-state index contributed by atoms with van der Waals surface area (Å²) in [5.74, 6) is 0. The van der Waals surface area contributed by atoms with E-state index in [1.807, 2.05) is 12.1 Å². The summed E-state index contributed by atoms with van der Waals surface area (Å²) in [6.07, 6.45) is 6.78.